The largest absolute Gasteiger partial charge is 0.454 e. The van der Waals surface area contributed by atoms with Crippen LogP contribution in [0.1, 0.15) is 6.92 Å². The van der Waals surface area contributed by atoms with E-state index in [1.165, 1.54) is 4.57 Å². The van der Waals surface area contributed by atoms with E-state index in [0.717, 1.165) is 5.56 Å². The summed E-state index contributed by atoms with van der Waals surface area (Å²) < 4.78 is 13.7. The molecule has 0 atom stereocenters. The lowest BCUT2D eigenvalue weighted by atomic mass is 10.2. The van der Waals surface area contributed by atoms with Gasteiger partial charge in [-0.3, -0.25) is 9.13 Å². The highest BCUT2D eigenvalue weighted by atomic mass is 16.7. The van der Waals surface area contributed by atoms with Crippen molar-refractivity contribution >= 4 is 11.3 Å². The van der Waals surface area contributed by atoms with Crippen molar-refractivity contribution in [3.63, 3.8) is 0 Å². The maximum absolute atomic E-state index is 12.1. The average Bonchev–Trinajstić information content (AvgIpc) is 3.10. The van der Waals surface area contributed by atoms with Gasteiger partial charge >= 0.3 is 5.69 Å². The van der Waals surface area contributed by atoms with E-state index in [-0.39, 0.29) is 12.5 Å². The lowest BCUT2D eigenvalue weighted by Gasteiger charge is -2.02. The Morgan fingerprint density at radius 1 is 1.18 bits per heavy atom. The normalized spacial score (nSPS) is 13.0. The lowest BCUT2D eigenvalue weighted by Crippen LogP contribution is -2.21. The van der Waals surface area contributed by atoms with E-state index in [1.807, 2.05) is 25.1 Å². The van der Waals surface area contributed by atoms with E-state index in [9.17, 15) is 4.79 Å². The molecular weight excluding hydrogens is 286 g/mol. The van der Waals surface area contributed by atoms with Gasteiger partial charge < -0.3 is 9.47 Å². The van der Waals surface area contributed by atoms with Crippen LogP contribution in [0.2, 0.25) is 0 Å². The third-order valence-corrected chi connectivity index (χ3v) is 3.69. The van der Waals surface area contributed by atoms with Gasteiger partial charge in [-0.2, -0.15) is 0 Å². The molecule has 22 heavy (non-hydrogen) atoms. The highest BCUT2D eigenvalue weighted by Gasteiger charge is 2.17. The first-order chi connectivity index (χ1) is 10.7. The van der Waals surface area contributed by atoms with Crippen LogP contribution in [0.15, 0.2) is 23.0 Å². The smallest absolute Gasteiger partial charge is 0.331 e. The maximum Gasteiger partial charge on any atom is 0.331 e. The van der Waals surface area contributed by atoms with Crippen LogP contribution < -0.4 is 15.2 Å². The molecular formula is C14H13N5O3. The molecule has 0 saturated heterocycles. The second-order valence-corrected chi connectivity index (χ2v) is 4.94. The molecule has 1 aliphatic heterocycles. The monoisotopic (exact) mass is 299 g/mol. The van der Waals surface area contributed by atoms with Crippen molar-refractivity contribution in [2.45, 2.75) is 13.5 Å². The van der Waals surface area contributed by atoms with Crippen LogP contribution in [0.5, 0.6) is 11.5 Å². The highest BCUT2D eigenvalue weighted by Crippen LogP contribution is 2.34. The molecule has 0 bridgehead atoms. The number of aryl methyl sites for hydroxylation is 2. The first kappa shape index (κ1) is 12.8. The topological polar surface area (TPSA) is 84.1 Å². The summed E-state index contributed by atoms with van der Waals surface area (Å²) in [5.74, 6) is 1.80. The van der Waals surface area contributed by atoms with Gasteiger partial charge in [-0.1, -0.05) is 0 Å². The molecule has 1 aliphatic rings. The summed E-state index contributed by atoms with van der Waals surface area (Å²) in [6.07, 6.45) is 0. The van der Waals surface area contributed by atoms with Crippen molar-refractivity contribution < 1.29 is 9.47 Å². The van der Waals surface area contributed by atoms with Crippen molar-refractivity contribution in [1.82, 2.24) is 24.3 Å². The fourth-order valence-corrected chi connectivity index (χ4v) is 2.52. The predicted molar refractivity (Wildman–Crippen MR) is 77.8 cm³/mol. The summed E-state index contributed by atoms with van der Waals surface area (Å²) in [4.78, 5) is 16.6. The maximum atomic E-state index is 12.1. The number of ether oxygens (including phenoxy) is 2. The summed E-state index contributed by atoms with van der Waals surface area (Å²) in [5, 5.41) is 8.26. The van der Waals surface area contributed by atoms with Crippen molar-refractivity contribution in [3.05, 3.63) is 28.7 Å². The van der Waals surface area contributed by atoms with Crippen LogP contribution in [-0.4, -0.2) is 31.1 Å². The third-order valence-electron chi connectivity index (χ3n) is 3.69. The van der Waals surface area contributed by atoms with Gasteiger partial charge in [-0.25, -0.2) is 9.78 Å². The van der Waals surface area contributed by atoms with Crippen molar-refractivity contribution in [2.75, 3.05) is 6.79 Å². The SMILES string of the molecule is CCn1c(=O)n(C)c2nnc(-c3ccc4c(c3)OCO4)nc21. The van der Waals surface area contributed by atoms with Crippen LogP contribution in [0.4, 0.5) is 0 Å². The van der Waals surface area contributed by atoms with Crippen molar-refractivity contribution in [1.29, 1.82) is 0 Å². The Hall–Kier alpha value is -2.90. The molecule has 1 aromatic carbocycles. The minimum Gasteiger partial charge on any atom is -0.454 e. The average molecular weight is 299 g/mol. The second kappa shape index (κ2) is 4.55. The van der Waals surface area contributed by atoms with Crippen LogP contribution in [-0.2, 0) is 13.6 Å². The van der Waals surface area contributed by atoms with E-state index >= 15 is 0 Å². The Morgan fingerprint density at radius 3 is 2.82 bits per heavy atom. The number of fused-ring (bicyclic) bond motifs is 2. The fraction of sp³-hybridized carbons (Fsp3) is 0.286. The summed E-state index contributed by atoms with van der Waals surface area (Å²) in [7, 11) is 1.66. The molecule has 112 valence electrons. The minimum atomic E-state index is -0.151. The molecule has 0 fully saturated rings. The van der Waals surface area contributed by atoms with Gasteiger partial charge in [0.1, 0.15) is 0 Å². The highest BCUT2D eigenvalue weighted by molar-refractivity contribution is 5.70. The minimum absolute atomic E-state index is 0.151. The summed E-state index contributed by atoms with van der Waals surface area (Å²) in [6, 6.07) is 5.46. The van der Waals surface area contributed by atoms with Gasteiger partial charge in [0.2, 0.25) is 12.4 Å². The quantitative estimate of drug-likeness (QED) is 0.700. The van der Waals surface area contributed by atoms with Crippen LogP contribution >= 0.6 is 0 Å². The van der Waals surface area contributed by atoms with Gasteiger partial charge in [0.15, 0.2) is 23.0 Å². The summed E-state index contributed by atoms with van der Waals surface area (Å²) in [5.41, 5.74) is 1.61. The zero-order valence-electron chi connectivity index (χ0n) is 12.1. The van der Waals surface area contributed by atoms with E-state index in [0.29, 0.717) is 35.2 Å². The standard InChI is InChI=1S/C14H13N5O3/c1-3-19-12-13(18(2)14(19)20)17-16-11(15-12)8-4-5-9-10(6-8)22-7-21-9/h4-6H,3,7H2,1-2H3. The van der Waals surface area contributed by atoms with Gasteiger partial charge in [0, 0.05) is 19.2 Å². The molecule has 0 N–H and O–H groups in total. The fourth-order valence-electron chi connectivity index (χ4n) is 2.52. The Bertz CT molecular complexity index is 944. The third kappa shape index (κ3) is 1.70. The Labute approximate surface area is 124 Å². The van der Waals surface area contributed by atoms with Gasteiger partial charge in [0.25, 0.3) is 0 Å². The van der Waals surface area contributed by atoms with Gasteiger partial charge in [0.05, 0.1) is 0 Å². The predicted octanol–water partition coefficient (Wildman–Crippen LogP) is 0.941. The van der Waals surface area contributed by atoms with Crippen molar-refractivity contribution in [2.24, 2.45) is 7.05 Å². The first-order valence-corrected chi connectivity index (χ1v) is 6.89. The summed E-state index contributed by atoms with van der Waals surface area (Å²) >= 11 is 0. The molecule has 3 aromatic rings. The molecule has 0 saturated carbocycles. The second-order valence-electron chi connectivity index (χ2n) is 4.94. The number of benzene rings is 1. The number of hydrogen-bond donors (Lipinski definition) is 0. The van der Waals surface area contributed by atoms with Crippen molar-refractivity contribution in [3.8, 4) is 22.9 Å². The van der Waals surface area contributed by atoms with Gasteiger partial charge in [-0.15, -0.1) is 10.2 Å². The number of rotatable bonds is 2. The zero-order chi connectivity index (χ0) is 15.3. The molecule has 8 nitrogen and oxygen atoms in total. The Kier molecular flexibility index (Phi) is 2.65. The first-order valence-electron chi connectivity index (χ1n) is 6.89. The summed E-state index contributed by atoms with van der Waals surface area (Å²) in [6.45, 7) is 2.63. The molecule has 2 aromatic heterocycles. The molecule has 8 heteroatoms. The molecule has 0 unspecified atom stereocenters. The number of hydrogen-bond acceptors (Lipinski definition) is 6. The van der Waals surface area contributed by atoms with Crippen LogP contribution in [0.3, 0.4) is 0 Å². The van der Waals surface area contributed by atoms with E-state index in [1.54, 1.807) is 11.6 Å². The Morgan fingerprint density at radius 2 is 2.00 bits per heavy atom. The molecule has 0 amide bonds. The van der Waals surface area contributed by atoms with E-state index < -0.39 is 0 Å². The van der Waals surface area contributed by atoms with Gasteiger partial charge in [-0.05, 0) is 25.1 Å². The van der Waals surface area contributed by atoms with Crippen LogP contribution in [0.25, 0.3) is 22.7 Å². The number of imidazole rings is 1. The van der Waals surface area contributed by atoms with Crippen LogP contribution in [0, 0.1) is 0 Å². The molecule has 3 heterocycles. The molecule has 0 radical (unpaired) electrons. The Balaban J connectivity index is 1.91. The molecule has 0 spiro atoms. The van der Waals surface area contributed by atoms with E-state index in [4.69, 9.17) is 9.47 Å². The zero-order valence-corrected chi connectivity index (χ0v) is 12.1. The molecule has 0 aliphatic carbocycles. The molecule has 4 rings (SSSR count). The number of nitrogens with zero attached hydrogens (tertiary/aromatic N) is 5. The van der Waals surface area contributed by atoms with E-state index in [2.05, 4.69) is 15.2 Å². The lowest BCUT2D eigenvalue weighted by molar-refractivity contribution is 0.174. The number of aromatic nitrogens is 5.